The smallest absolute Gasteiger partial charge is 0.248 e. The molecule has 1 aromatic carbocycles. The molecule has 6 heteroatoms. The highest BCUT2D eigenvalue weighted by Gasteiger charge is 2.10. The largest absolute Gasteiger partial charge is 0.372 e. The predicted octanol–water partition coefficient (Wildman–Crippen LogP) is 5.06. The molecule has 30 heavy (non-hydrogen) atoms. The van der Waals surface area contributed by atoms with E-state index in [1.165, 1.54) is 5.69 Å². The van der Waals surface area contributed by atoms with Crippen molar-refractivity contribution < 1.29 is 0 Å². The number of hydrogen-bond acceptors (Lipinski definition) is 4. The van der Waals surface area contributed by atoms with Crippen LogP contribution in [0.5, 0.6) is 0 Å². The number of aromatic nitrogens is 3. The van der Waals surface area contributed by atoms with Gasteiger partial charge < -0.3 is 15.2 Å². The standard InChI is InChI=1S/C24H27N5O/c1-3-14-28(15-4-2)20-7-5-19(6-8-20)27-21-9-10-22(29-16-13-26-24(21)29)18-11-12-25-23(30)17-18/h5-13,16-17,27H,3-4,14-15H2,1-2H3,(H,25,30). The molecule has 2 N–H and O–H groups in total. The number of rotatable bonds is 8. The lowest BCUT2D eigenvalue weighted by Crippen LogP contribution is -2.24. The Morgan fingerprint density at radius 1 is 1.03 bits per heavy atom. The number of nitrogens with zero attached hydrogens (tertiary/aromatic N) is 3. The van der Waals surface area contributed by atoms with Gasteiger partial charge in [-0.1, -0.05) is 13.8 Å². The van der Waals surface area contributed by atoms with Gasteiger partial charge in [0, 0.05) is 54.7 Å². The van der Waals surface area contributed by atoms with Crippen molar-refractivity contribution in [3.63, 3.8) is 0 Å². The quantitative estimate of drug-likeness (QED) is 0.433. The highest BCUT2D eigenvalue weighted by atomic mass is 16.1. The molecule has 0 spiro atoms. The maximum atomic E-state index is 11.7. The number of H-pyrrole nitrogens is 1. The molecular weight excluding hydrogens is 374 g/mol. The van der Waals surface area contributed by atoms with Crippen molar-refractivity contribution in [1.29, 1.82) is 0 Å². The van der Waals surface area contributed by atoms with E-state index in [0.29, 0.717) is 0 Å². The zero-order valence-corrected chi connectivity index (χ0v) is 17.4. The van der Waals surface area contributed by atoms with Crippen molar-refractivity contribution >= 4 is 22.7 Å². The third kappa shape index (κ3) is 4.08. The third-order valence-electron chi connectivity index (χ3n) is 5.12. The summed E-state index contributed by atoms with van der Waals surface area (Å²) in [6.07, 6.45) is 7.62. The molecule has 0 unspecified atom stereocenters. The minimum Gasteiger partial charge on any atom is -0.372 e. The maximum Gasteiger partial charge on any atom is 0.248 e. The second kappa shape index (κ2) is 8.86. The lowest BCUT2D eigenvalue weighted by molar-refractivity contribution is 0.745. The topological polar surface area (TPSA) is 65.4 Å². The molecule has 154 valence electrons. The highest BCUT2D eigenvalue weighted by Crippen LogP contribution is 2.28. The Balaban J connectivity index is 1.61. The second-order valence-electron chi connectivity index (χ2n) is 7.35. The number of pyridine rings is 2. The van der Waals surface area contributed by atoms with Gasteiger partial charge in [0.05, 0.1) is 11.4 Å². The van der Waals surface area contributed by atoms with Crippen molar-refractivity contribution in [2.45, 2.75) is 26.7 Å². The summed E-state index contributed by atoms with van der Waals surface area (Å²) in [5, 5.41) is 3.48. The van der Waals surface area contributed by atoms with Crippen molar-refractivity contribution in [1.82, 2.24) is 14.4 Å². The van der Waals surface area contributed by atoms with E-state index in [1.807, 2.05) is 28.8 Å². The number of benzene rings is 1. The number of imidazole rings is 1. The molecule has 3 heterocycles. The molecule has 4 aromatic rings. The van der Waals surface area contributed by atoms with Crippen LogP contribution in [-0.2, 0) is 0 Å². The molecule has 0 bridgehead atoms. The van der Waals surface area contributed by atoms with Gasteiger partial charge in [-0.25, -0.2) is 4.98 Å². The average Bonchev–Trinajstić information content (AvgIpc) is 3.25. The van der Waals surface area contributed by atoms with Gasteiger partial charge >= 0.3 is 0 Å². The fraction of sp³-hybridized carbons (Fsp3) is 0.250. The molecule has 3 aromatic heterocycles. The number of hydrogen-bond donors (Lipinski definition) is 2. The molecule has 0 aliphatic heterocycles. The van der Waals surface area contributed by atoms with Gasteiger partial charge in [0.25, 0.3) is 0 Å². The Labute approximate surface area is 176 Å². The van der Waals surface area contributed by atoms with Crippen LogP contribution in [0.25, 0.3) is 16.9 Å². The molecule has 0 saturated carbocycles. The van der Waals surface area contributed by atoms with E-state index >= 15 is 0 Å². The van der Waals surface area contributed by atoms with Crippen molar-refractivity contribution in [2.24, 2.45) is 0 Å². The van der Waals surface area contributed by atoms with E-state index in [9.17, 15) is 4.79 Å². The van der Waals surface area contributed by atoms with Crippen LogP contribution in [0, 0.1) is 0 Å². The SMILES string of the molecule is CCCN(CCC)c1ccc(Nc2ccc(-c3cc[nH]c(=O)c3)n3ccnc23)cc1. The van der Waals surface area contributed by atoms with E-state index in [-0.39, 0.29) is 5.56 Å². The van der Waals surface area contributed by atoms with E-state index < -0.39 is 0 Å². The molecule has 0 aliphatic rings. The van der Waals surface area contributed by atoms with E-state index in [1.54, 1.807) is 18.5 Å². The first-order valence-corrected chi connectivity index (χ1v) is 10.5. The minimum absolute atomic E-state index is 0.122. The predicted molar refractivity (Wildman–Crippen MR) is 124 cm³/mol. The molecule has 0 atom stereocenters. The maximum absolute atomic E-state index is 11.7. The Morgan fingerprint density at radius 3 is 2.50 bits per heavy atom. The first-order valence-electron chi connectivity index (χ1n) is 10.5. The number of nitrogens with one attached hydrogen (secondary N) is 2. The van der Waals surface area contributed by atoms with Crippen LogP contribution in [0.4, 0.5) is 17.1 Å². The van der Waals surface area contributed by atoms with Gasteiger partial charge in [-0.15, -0.1) is 0 Å². The molecule has 0 amide bonds. The first-order chi connectivity index (χ1) is 14.7. The Bertz CT molecular complexity index is 1170. The monoisotopic (exact) mass is 401 g/mol. The lowest BCUT2D eigenvalue weighted by Gasteiger charge is -2.24. The van der Waals surface area contributed by atoms with Gasteiger partial charge in [0.15, 0.2) is 5.65 Å². The van der Waals surface area contributed by atoms with Gasteiger partial charge in [0.2, 0.25) is 5.56 Å². The zero-order chi connectivity index (χ0) is 20.9. The molecule has 4 rings (SSSR count). The molecule has 6 nitrogen and oxygen atoms in total. The average molecular weight is 402 g/mol. The summed E-state index contributed by atoms with van der Waals surface area (Å²) in [5.41, 5.74) is 5.65. The van der Waals surface area contributed by atoms with Crippen LogP contribution in [0.3, 0.4) is 0 Å². The summed E-state index contributed by atoms with van der Waals surface area (Å²) >= 11 is 0. The zero-order valence-electron chi connectivity index (χ0n) is 17.4. The van der Waals surface area contributed by atoms with Crippen molar-refractivity contribution in [3.8, 4) is 11.3 Å². The summed E-state index contributed by atoms with van der Waals surface area (Å²) in [7, 11) is 0. The van der Waals surface area contributed by atoms with Gasteiger partial charge in [-0.05, 0) is 55.3 Å². The van der Waals surface area contributed by atoms with Crippen LogP contribution in [0.15, 0.2) is 71.9 Å². The summed E-state index contributed by atoms with van der Waals surface area (Å²) < 4.78 is 2.00. The number of anilines is 3. The normalized spacial score (nSPS) is 11.0. The van der Waals surface area contributed by atoms with Crippen molar-refractivity contribution in [3.05, 3.63) is 77.5 Å². The lowest BCUT2D eigenvalue weighted by atomic mass is 10.1. The van der Waals surface area contributed by atoms with Crippen LogP contribution >= 0.6 is 0 Å². The highest BCUT2D eigenvalue weighted by molar-refractivity contribution is 5.78. The van der Waals surface area contributed by atoms with E-state index in [4.69, 9.17) is 0 Å². The third-order valence-corrected chi connectivity index (χ3v) is 5.12. The Kier molecular flexibility index (Phi) is 5.84. The van der Waals surface area contributed by atoms with Crippen LogP contribution < -0.4 is 15.8 Å². The fourth-order valence-corrected chi connectivity index (χ4v) is 3.77. The summed E-state index contributed by atoms with van der Waals surface area (Å²) in [6.45, 7) is 6.56. The van der Waals surface area contributed by atoms with E-state index in [2.05, 4.69) is 58.3 Å². The molecular formula is C24H27N5O. The van der Waals surface area contributed by atoms with Crippen LogP contribution in [-0.4, -0.2) is 27.5 Å². The number of aromatic amines is 1. The summed E-state index contributed by atoms with van der Waals surface area (Å²) in [6, 6.07) is 16.1. The fourth-order valence-electron chi connectivity index (χ4n) is 3.77. The molecule has 0 aliphatic carbocycles. The summed E-state index contributed by atoms with van der Waals surface area (Å²) in [4.78, 5) is 21.3. The first kappa shape index (κ1) is 19.8. The second-order valence-corrected chi connectivity index (χ2v) is 7.35. The Hall–Kier alpha value is -3.54. The van der Waals surface area contributed by atoms with Crippen LogP contribution in [0.1, 0.15) is 26.7 Å². The minimum atomic E-state index is -0.122. The van der Waals surface area contributed by atoms with Crippen LogP contribution in [0.2, 0.25) is 0 Å². The van der Waals surface area contributed by atoms with Crippen molar-refractivity contribution in [2.75, 3.05) is 23.3 Å². The molecule has 0 radical (unpaired) electrons. The van der Waals surface area contributed by atoms with Gasteiger partial charge in [0.1, 0.15) is 0 Å². The van der Waals surface area contributed by atoms with Gasteiger partial charge in [-0.3, -0.25) is 9.20 Å². The molecule has 0 saturated heterocycles. The molecule has 0 fully saturated rings. The van der Waals surface area contributed by atoms with E-state index in [0.717, 1.165) is 54.2 Å². The Morgan fingerprint density at radius 2 is 1.80 bits per heavy atom. The van der Waals surface area contributed by atoms with Gasteiger partial charge in [-0.2, -0.15) is 0 Å². The number of fused-ring (bicyclic) bond motifs is 1. The summed E-state index contributed by atoms with van der Waals surface area (Å²) in [5.74, 6) is 0.